The van der Waals surface area contributed by atoms with Crippen molar-refractivity contribution in [3.63, 3.8) is 0 Å². The number of ketones is 1. The molecule has 0 atom stereocenters. The maximum absolute atomic E-state index is 12.1. The Hall–Kier alpha value is -1.71. The van der Waals surface area contributed by atoms with Crippen LogP contribution in [0.2, 0.25) is 0 Å². The Labute approximate surface area is 108 Å². The first kappa shape index (κ1) is 14.4. The molecule has 0 saturated heterocycles. The summed E-state index contributed by atoms with van der Waals surface area (Å²) in [7, 11) is 0. The number of amides is 1. The van der Waals surface area contributed by atoms with Gasteiger partial charge in [-0.2, -0.15) is 0 Å². The van der Waals surface area contributed by atoms with Crippen LogP contribution in [0.4, 0.5) is 0 Å². The molecule has 4 nitrogen and oxygen atoms in total. The Morgan fingerprint density at radius 3 is 2.56 bits per heavy atom. The van der Waals surface area contributed by atoms with E-state index in [1.807, 2.05) is 27.7 Å². The Morgan fingerprint density at radius 1 is 1.33 bits per heavy atom. The highest BCUT2D eigenvalue weighted by Crippen LogP contribution is 2.10. The van der Waals surface area contributed by atoms with Gasteiger partial charge in [0.15, 0.2) is 0 Å². The number of nitrogens with zero attached hydrogens (tertiary/aromatic N) is 1. The van der Waals surface area contributed by atoms with E-state index in [0.29, 0.717) is 17.7 Å². The van der Waals surface area contributed by atoms with E-state index in [-0.39, 0.29) is 23.7 Å². The van der Waals surface area contributed by atoms with Crippen LogP contribution in [0.1, 0.15) is 50.2 Å². The van der Waals surface area contributed by atoms with Crippen molar-refractivity contribution < 1.29 is 9.59 Å². The van der Waals surface area contributed by atoms with Crippen LogP contribution in [0.5, 0.6) is 0 Å². The quantitative estimate of drug-likeness (QED) is 0.888. The summed E-state index contributed by atoms with van der Waals surface area (Å²) in [6.07, 6.45) is 2.30. The van der Waals surface area contributed by atoms with E-state index in [9.17, 15) is 9.59 Å². The standard InChI is InChI=1S/C14H20N2O2/c1-5-11(17)9-10-7-6-8-15-12(10)13(18)16-14(2,3)4/h6-8H,5,9H2,1-4H3,(H,16,18). The summed E-state index contributed by atoms with van der Waals surface area (Å²) < 4.78 is 0. The molecule has 4 heteroatoms. The minimum Gasteiger partial charge on any atom is -0.346 e. The van der Waals surface area contributed by atoms with Gasteiger partial charge in [0.2, 0.25) is 0 Å². The van der Waals surface area contributed by atoms with Crippen molar-refractivity contribution in [2.45, 2.75) is 46.1 Å². The van der Waals surface area contributed by atoms with Gasteiger partial charge in [-0.15, -0.1) is 0 Å². The summed E-state index contributed by atoms with van der Waals surface area (Å²) in [5.74, 6) is -0.130. The molecule has 1 amide bonds. The monoisotopic (exact) mass is 248 g/mol. The van der Waals surface area contributed by atoms with E-state index in [1.54, 1.807) is 18.3 Å². The first-order valence-electron chi connectivity index (χ1n) is 6.11. The molecule has 0 aliphatic rings. The summed E-state index contributed by atoms with van der Waals surface area (Å²) in [4.78, 5) is 27.6. The Balaban J connectivity index is 2.94. The lowest BCUT2D eigenvalue weighted by molar-refractivity contribution is -0.118. The number of hydrogen-bond acceptors (Lipinski definition) is 3. The van der Waals surface area contributed by atoms with E-state index >= 15 is 0 Å². The number of carbonyl (C=O) groups is 2. The fourth-order valence-corrected chi connectivity index (χ4v) is 1.52. The lowest BCUT2D eigenvalue weighted by Crippen LogP contribution is -2.41. The molecule has 1 rings (SSSR count). The van der Waals surface area contributed by atoms with Crippen LogP contribution < -0.4 is 5.32 Å². The average molecular weight is 248 g/mol. The molecule has 0 fully saturated rings. The van der Waals surface area contributed by atoms with E-state index in [1.165, 1.54) is 0 Å². The molecular formula is C14H20N2O2. The summed E-state index contributed by atoms with van der Waals surface area (Å²) in [6.45, 7) is 7.54. The van der Waals surface area contributed by atoms with Crippen LogP contribution in [0.25, 0.3) is 0 Å². The average Bonchev–Trinajstić information content (AvgIpc) is 2.27. The zero-order valence-corrected chi connectivity index (χ0v) is 11.4. The van der Waals surface area contributed by atoms with Gasteiger partial charge in [0.25, 0.3) is 5.91 Å². The number of hydrogen-bond donors (Lipinski definition) is 1. The molecule has 98 valence electrons. The molecule has 0 unspecified atom stereocenters. The Morgan fingerprint density at radius 2 is 2.00 bits per heavy atom. The van der Waals surface area contributed by atoms with Gasteiger partial charge < -0.3 is 5.32 Å². The molecule has 0 aromatic carbocycles. The number of rotatable bonds is 4. The molecule has 1 aromatic rings. The van der Waals surface area contributed by atoms with Crippen LogP contribution in [0, 0.1) is 0 Å². The van der Waals surface area contributed by atoms with Gasteiger partial charge in [0.05, 0.1) is 0 Å². The largest absolute Gasteiger partial charge is 0.346 e. The van der Waals surface area contributed by atoms with Crippen LogP contribution in [0.15, 0.2) is 18.3 Å². The van der Waals surface area contributed by atoms with E-state index in [2.05, 4.69) is 10.3 Å². The van der Waals surface area contributed by atoms with Crippen LogP contribution in [0.3, 0.4) is 0 Å². The van der Waals surface area contributed by atoms with E-state index in [4.69, 9.17) is 0 Å². The molecule has 0 saturated carbocycles. The fraction of sp³-hybridized carbons (Fsp3) is 0.500. The second-order valence-corrected chi connectivity index (χ2v) is 5.28. The molecule has 1 aromatic heterocycles. The third-order valence-electron chi connectivity index (χ3n) is 2.38. The Bertz CT molecular complexity index is 447. The molecule has 0 radical (unpaired) electrons. The van der Waals surface area contributed by atoms with Gasteiger partial charge in [-0.25, -0.2) is 0 Å². The molecule has 0 aliphatic carbocycles. The zero-order valence-electron chi connectivity index (χ0n) is 11.4. The highest BCUT2D eigenvalue weighted by molar-refractivity contribution is 5.95. The van der Waals surface area contributed by atoms with Gasteiger partial charge in [0, 0.05) is 24.6 Å². The van der Waals surface area contributed by atoms with E-state index in [0.717, 1.165) is 0 Å². The van der Waals surface area contributed by atoms with Crippen molar-refractivity contribution in [2.24, 2.45) is 0 Å². The molecule has 18 heavy (non-hydrogen) atoms. The van der Waals surface area contributed by atoms with Gasteiger partial charge in [0.1, 0.15) is 11.5 Å². The highest BCUT2D eigenvalue weighted by atomic mass is 16.2. The second kappa shape index (κ2) is 5.76. The predicted molar refractivity (Wildman–Crippen MR) is 70.5 cm³/mol. The van der Waals surface area contributed by atoms with Gasteiger partial charge in [-0.05, 0) is 32.4 Å². The number of nitrogens with one attached hydrogen (secondary N) is 1. The molecule has 0 bridgehead atoms. The Kier molecular flexibility index (Phi) is 4.59. The molecule has 1 N–H and O–H groups in total. The predicted octanol–water partition coefficient (Wildman–Crippen LogP) is 2.13. The SMILES string of the molecule is CCC(=O)Cc1cccnc1C(=O)NC(C)(C)C. The summed E-state index contributed by atoms with van der Waals surface area (Å²) in [5.41, 5.74) is 0.709. The molecule has 0 aliphatic heterocycles. The maximum Gasteiger partial charge on any atom is 0.270 e. The van der Waals surface area contributed by atoms with Crippen molar-refractivity contribution in [1.82, 2.24) is 10.3 Å². The number of carbonyl (C=O) groups excluding carboxylic acids is 2. The zero-order chi connectivity index (χ0) is 13.8. The molecule has 0 spiro atoms. The fourth-order valence-electron chi connectivity index (χ4n) is 1.52. The third kappa shape index (κ3) is 4.28. The highest BCUT2D eigenvalue weighted by Gasteiger charge is 2.19. The maximum atomic E-state index is 12.1. The van der Waals surface area contributed by atoms with Crippen molar-refractivity contribution in [2.75, 3.05) is 0 Å². The molecular weight excluding hydrogens is 228 g/mol. The van der Waals surface area contributed by atoms with Gasteiger partial charge >= 0.3 is 0 Å². The van der Waals surface area contributed by atoms with Gasteiger partial charge in [-0.1, -0.05) is 13.0 Å². The lowest BCUT2D eigenvalue weighted by Gasteiger charge is -2.20. The van der Waals surface area contributed by atoms with Crippen LogP contribution in [-0.2, 0) is 11.2 Å². The van der Waals surface area contributed by atoms with Crippen LogP contribution in [-0.4, -0.2) is 22.2 Å². The summed E-state index contributed by atoms with van der Waals surface area (Å²) in [6, 6.07) is 3.52. The molecule has 1 heterocycles. The third-order valence-corrected chi connectivity index (χ3v) is 2.38. The topological polar surface area (TPSA) is 59.1 Å². The van der Waals surface area contributed by atoms with Gasteiger partial charge in [-0.3, -0.25) is 14.6 Å². The normalized spacial score (nSPS) is 11.1. The number of aromatic nitrogens is 1. The summed E-state index contributed by atoms with van der Waals surface area (Å²) >= 11 is 0. The second-order valence-electron chi connectivity index (χ2n) is 5.28. The smallest absolute Gasteiger partial charge is 0.270 e. The lowest BCUT2D eigenvalue weighted by atomic mass is 10.0. The minimum atomic E-state index is -0.319. The van der Waals surface area contributed by atoms with Crippen molar-refractivity contribution >= 4 is 11.7 Å². The van der Waals surface area contributed by atoms with Crippen molar-refractivity contribution in [1.29, 1.82) is 0 Å². The number of pyridine rings is 1. The van der Waals surface area contributed by atoms with Crippen molar-refractivity contribution in [3.8, 4) is 0 Å². The summed E-state index contributed by atoms with van der Waals surface area (Å²) in [5, 5.41) is 2.85. The first-order valence-corrected chi connectivity index (χ1v) is 6.11. The van der Waals surface area contributed by atoms with E-state index < -0.39 is 0 Å². The van der Waals surface area contributed by atoms with Crippen molar-refractivity contribution in [3.05, 3.63) is 29.6 Å². The van der Waals surface area contributed by atoms with Crippen LogP contribution >= 0.6 is 0 Å². The minimum absolute atomic E-state index is 0.104. The number of Topliss-reactive ketones (excluding diaryl/α,β-unsaturated/α-hetero) is 1. The first-order chi connectivity index (χ1) is 8.33.